The summed E-state index contributed by atoms with van der Waals surface area (Å²) in [6.45, 7) is 2.78. The van der Waals surface area contributed by atoms with Crippen LogP contribution in [0.2, 0.25) is 5.02 Å². The van der Waals surface area contributed by atoms with Crippen LogP contribution < -0.4 is 5.56 Å². The Bertz CT molecular complexity index is 1770. The summed E-state index contributed by atoms with van der Waals surface area (Å²) in [5.41, 5.74) is 3.83. The lowest BCUT2D eigenvalue weighted by Gasteiger charge is -2.07. The molecule has 0 atom stereocenters. The number of rotatable bonds is 6. The molecule has 0 bridgehead atoms. The van der Waals surface area contributed by atoms with Gasteiger partial charge in [-0.25, -0.2) is 19.9 Å². The Morgan fingerprint density at radius 3 is 2.74 bits per heavy atom. The molecule has 6 rings (SSSR count). The minimum Gasteiger partial charge on any atom is -0.334 e. The van der Waals surface area contributed by atoms with Crippen molar-refractivity contribution in [2.24, 2.45) is 0 Å². The topological polar surface area (TPSA) is 95.3 Å². The zero-order chi connectivity index (χ0) is 23.9. The van der Waals surface area contributed by atoms with Crippen LogP contribution in [0, 0.1) is 6.92 Å². The van der Waals surface area contributed by atoms with Crippen LogP contribution in [0.3, 0.4) is 0 Å². The molecule has 0 N–H and O–H groups in total. The number of imidazole rings is 1. The quantitative estimate of drug-likeness (QED) is 0.359. The maximum absolute atomic E-state index is 12.6. The number of halogens is 1. The number of hydrogen-bond donors (Lipinski definition) is 0. The van der Waals surface area contributed by atoms with Gasteiger partial charge in [-0.1, -0.05) is 23.7 Å². The highest BCUT2D eigenvalue weighted by molar-refractivity contribution is 6.30. The molecule has 10 heteroatoms. The molecule has 9 nitrogen and oxygen atoms in total. The predicted molar refractivity (Wildman–Crippen MR) is 133 cm³/mol. The molecule has 0 spiro atoms. The van der Waals surface area contributed by atoms with E-state index < -0.39 is 0 Å². The van der Waals surface area contributed by atoms with Gasteiger partial charge in [0.1, 0.15) is 11.5 Å². The van der Waals surface area contributed by atoms with Crippen LogP contribution in [0.4, 0.5) is 0 Å². The average Bonchev–Trinajstić information content (AvgIpc) is 3.48. The van der Waals surface area contributed by atoms with Crippen molar-refractivity contribution in [2.45, 2.75) is 32.7 Å². The molecule has 0 saturated carbocycles. The van der Waals surface area contributed by atoms with Crippen LogP contribution in [0.15, 0.2) is 66.0 Å². The Balaban J connectivity index is 1.35. The van der Waals surface area contributed by atoms with Crippen molar-refractivity contribution in [2.75, 3.05) is 0 Å². The van der Waals surface area contributed by atoms with Crippen molar-refractivity contribution in [3.63, 3.8) is 0 Å². The van der Waals surface area contributed by atoms with Gasteiger partial charge >= 0.3 is 0 Å². The molecular weight excluding hydrogens is 464 g/mol. The second-order valence-electron chi connectivity index (χ2n) is 8.45. The molecule has 0 unspecified atom stereocenters. The number of benzene rings is 1. The number of pyridine rings is 1. The SMILES string of the molecule is Cc1cncn1CCc1nc2c3ccccc3nc(CCc3cc(=O)n4cc(Cl)ccc4n3)n2n1. The Kier molecular flexibility index (Phi) is 5.26. The fraction of sp³-hybridized carbons (Fsp3) is 0.200. The summed E-state index contributed by atoms with van der Waals surface area (Å²) in [5.74, 6) is 1.52. The van der Waals surface area contributed by atoms with Crippen molar-refractivity contribution in [1.29, 1.82) is 0 Å². The normalized spacial score (nSPS) is 11.7. The third kappa shape index (κ3) is 4.04. The summed E-state index contributed by atoms with van der Waals surface area (Å²) in [6.07, 6.45) is 7.01. The molecule has 0 saturated heterocycles. The number of aromatic nitrogens is 8. The van der Waals surface area contributed by atoms with E-state index in [2.05, 4.69) is 14.5 Å². The van der Waals surface area contributed by atoms with E-state index in [1.165, 1.54) is 4.40 Å². The lowest BCUT2D eigenvalue weighted by Crippen LogP contribution is -2.16. The smallest absolute Gasteiger partial charge is 0.258 e. The van der Waals surface area contributed by atoms with Crippen LogP contribution in [0.25, 0.3) is 22.2 Å². The molecular formula is C25H21ClN8O. The highest BCUT2D eigenvalue weighted by Gasteiger charge is 2.14. The summed E-state index contributed by atoms with van der Waals surface area (Å²) in [5, 5.41) is 6.23. The van der Waals surface area contributed by atoms with Crippen LogP contribution in [0.5, 0.6) is 0 Å². The van der Waals surface area contributed by atoms with Gasteiger partial charge in [-0.2, -0.15) is 4.52 Å². The van der Waals surface area contributed by atoms with Gasteiger partial charge in [-0.3, -0.25) is 9.20 Å². The van der Waals surface area contributed by atoms with Gasteiger partial charge in [0, 0.05) is 54.6 Å². The van der Waals surface area contributed by atoms with Crippen molar-refractivity contribution in [1.82, 2.24) is 38.5 Å². The second-order valence-corrected chi connectivity index (χ2v) is 8.88. The molecule has 35 heavy (non-hydrogen) atoms. The number of nitrogens with zero attached hydrogens (tertiary/aromatic N) is 8. The molecule has 0 amide bonds. The molecule has 0 aliphatic heterocycles. The molecule has 0 aliphatic rings. The van der Waals surface area contributed by atoms with Gasteiger partial charge in [0.15, 0.2) is 11.5 Å². The second kappa shape index (κ2) is 8.59. The molecule has 1 aromatic carbocycles. The van der Waals surface area contributed by atoms with Gasteiger partial charge in [0.2, 0.25) is 0 Å². The lowest BCUT2D eigenvalue weighted by molar-refractivity contribution is 0.651. The van der Waals surface area contributed by atoms with Gasteiger partial charge in [0.25, 0.3) is 5.56 Å². The zero-order valence-electron chi connectivity index (χ0n) is 19.0. The van der Waals surface area contributed by atoms with Crippen molar-refractivity contribution in [3.05, 3.63) is 99.6 Å². The fourth-order valence-electron chi connectivity index (χ4n) is 4.26. The van der Waals surface area contributed by atoms with Crippen LogP contribution >= 0.6 is 11.6 Å². The standard InChI is InChI=1S/C25H21ClN8O/c1-16-13-27-15-32(16)11-10-21-30-25-19-4-2-3-5-20(19)29-23(34(25)31-21)9-7-18-12-24(35)33-14-17(26)6-8-22(33)28-18/h2-6,8,12-15H,7,9-11H2,1H3. The summed E-state index contributed by atoms with van der Waals surface area (Å²) in [7, 11) is 0. The summed E-state index contributed by atoms with van der Waals surface area (Å²) in [6, 6.07) is 12.9. The Labute approximate surface area is 204 Å². The fourth-order valence-corrected chi connectivity index (χ4v) is 4.42. The van der Waals surface area contributed by atoms with Gasteiger partial charge < -0.3 is 4.57 Å². The number of para-hydroxylation sites is 1. The van der Waals surface area contributed by atoms with E-state index >= 15 is 0 Å². The molecule has 6 aromatic rings. The van der Waals surface area contributed by atoms with Crippen molar-refractivity contribution >= 4 is 33.8 Å². The van der Waals surface area contributed by atoms with Gasteiger partial charge in [-0.15, -0.1) is 5.10 Å². The highest BCUT2D eigenvalue weighted by Crippen LogP contribution is 2.20. The maximum Gasteiger partial charge on any atom is 0.258 e. The van der Waals surface area contributed by atoms with Crippen LogP contribution in [0.1, 0.15) is 23.0 Å². The van der Waals surface area contributed by atoms with E-state index in [1.54, 1.807) is 24.4 Å². The van der Waals surface area contributed by atoms with Crippen molar-refractivity contribution < 1.29 is 0 Å². The minimum absolute atomic E-state index is 0.165. The van der Waals surface area contributed by atoms with Gasteiger partial charge in [0.05, 0.1) is 16.9 Å². The van der Waals surface area contributed by atoms with E-state index in [9.17, 15) is 4.79 Å². The largest absolute Gasteiger partial charge is 0.334 e. The predicted octanol–water partition coefficient (Wildman–Crippen LogP) is 3.47. The number of fused-ring (bicyclic) bond motifs is 4. The summed E-state index contributed by atoms with van der Waals surface area (Å²) in [4.78, 5) is 31.1. The summed E-state index contributed by atoms with van der Waals surface area (Å²) >= 11 is 6.02. The Hall–Kier alpha value is -4.11. The van der Waals surface area contributed by atoms with E-state index in [0.29, 0.717) is 35.6 Å². The number of aryl methyl sites for hydroxylation is 5. The molecule has 174 valence electrons. The maximum atomic E-state index is 12.6. The monoisotopic (exact) mass is 484 g/mol. The number of hydrogen-bond acceptors (Lipinski definition) is 6. The van der Waals surface area contributed by atoms with Crippen LogP contribution in [-0.4, -0.2) is 38.5 Å². The van der Waals surface area contributed by atoms with Crippen LogP contribution in [-0.2, 0) is 25.8 Å². The third-order valence-corrected chi connectivity index (χ3v) is 6.29. The first-order chi connectivity index (χ1) is 17.0. The van der Waals surface area contributed by atoms with E-state index in [1.807, 2.05) is 48.2 Å². The van der Waals surface area contributed by atoms with Crippen molar-refractivity contribution in [3.8, 4) is 0 Å². The third-order valence-electron chi connectivity index (χ3n) is 6.07. The summed E-state index contributed by atoms with van der Waals surface area (Å²) < 4.78 is 5.36. The first-order valence-electron chi connectivity index (χ1n) is 11.3. The minimum atomic E-state index is -0.165. The highest BCUT2D eigenvalue weighted by atomic mass is 35.5. The lowest BCUT2D eigenvalue weighted by atomic mass is 10.2. The van der Waals surface area contributed by atoms with E-state index in [0.717, 1.165) is 40.4 Å². The molecule has 5 heterocycles. The molecule has 0 aliphatic carbocycles. The zero-order valence-corrected chi connectivity index (χ0v) is 19.7. The molecule has 5 aromatic heterocycles. The molecule has 0 fully saturated rings. The first-order valence-corrected chi connectivity index (χ1v) is 11.7. The molecule has 0 radical (unpaired) electrons. The Morgan fingerprint density at radius 1 is 1.00 bits per heavy atom. The van der Waals surface area contributed by atoms with E-state index in [4.69, 9.17) is 26.7 Å². The first kappa shape index (κ1) is 21.4. The van der Waals surface area contributed by atoms with E-state index in [-0.39, 0.29) is 5.56 Å². The van der Waals surface area contributed by atoms with Gasteiger partial charge in [-0.05, 0) is 37.6 Å². The Morgan fingerprint density at radius 2 is 1.89 bits per heavy atom. The average molecular weight is 485 g/mol.